The molecule has 2 aromatic carbocycles. The number of aromatic nitrogens is 2. The van der Waals surface area contributed by atoms with Gasteiger partial charge in [-0.05, 0) is 31.2 Å². The summed E-state index contributed by atoms with van der Waals surface area (Å²) in [6.07, 6.45) is -0.00108. The zero-order valence-electron chi connectivity index (χ0n) is 15.9. The maximum atomic E-state index is 13.0. The molecule has 1 atom stereocenters. The predicted molar refractivity (Wildman–Crippen MR) is 111 cm³/mol. The van der Waals surface area contributed by atoms with Crippen LogP contribution in [0.3, 0.4) is 0 Å². The predicted octanol–water partition coefficient (Wildman–Crippen LogP) is 4.04. The second-order valence-corrected chi connectivity index (χ2v) is 7.20. The van der Waals surface area contributed by atoms with Gasteiger partial charge in [0.15, 0.2) is 0 Å². The molecule has 2 N–H and O–H groups in total. The van der Waals surface area contributed by atoms with E-state index in [-0.39, 0.29) is 18.2 Å². The van der Waals surface area contributed by atoms with Crippen LogP contribution in [0.15, 0.2) is 48.5 Å². The van der Waals surface area contributed by atoms with Crippen LogP contribution in [-0.4, -0.2) is 28.7 Å². The van der Waals surface area contributed by atoms with Crippen molar-refractivity contribution < 1.29 is 14.3 Å². The van der Waals surface area contributed by atoms with E-state index < -0.39 is 6.04 Å². The van der Waals surface area contributed by atoms with Crippen LogP contribution in [0.5, 0.6) is 5.75 Å². The van der Waals surface area contributed by atoms with Crippen molar-refractivity contribution in [2.45, 2.75) is 19.4 Å². The molecule has 4 rings (SSSR count). The molecule has 2 amide bonds. The maximum Gasteiger partial charge on any atom is 0.249 e. The number of anilines is 2. The molecule has 1 aliphatic heterocycles. The molecule has 0 bridgehead atoms. The summed E-state index contributed by atoms with van der Waals surface area (Å²) in [7, 11) is 1.56. The van der Waals surface area contributed by atoms with Gasteiger partial charge in [0.2, 0.25) is 11.8 Å². The minimum Gasteiger partial charge on any atom is -0.497 e. The standard InChI is InChI=1S/C21H19ClN4O3/c1-12-19(13-5-3-6-14(22)9-13)25-26-17(11-18(27)24-20(12)26)21(28)23-15-7-4-8-16(10-15)29-2/h3-10,17H,11H2,1-2H3,(H,23,28)(H,24,27)/t17-/m0/s1. The van der Waals surface area contributed by atoms with Gasteiger partial charge in [-0.1, -0.05) is 29.8 Å². The molecule has 0 spiro atoms. The van der Waals surface area contributed by atoms with Crippen molar-refractivity contribution in [3.8, 4) is 17.0 Å². The van der Waals surface area contributed by atoms with Crippen molar-refractivity contribution in [1.82, 2.24) is 9.78 Å². The number of hydrogen-bond acceptors (Lipinski definition) is 4. The highest BCUT2D eigenvalue weighted by Gasteiger charge is 2.34. The SMILES string of the molecule is COc1cccc(NC(=O)[C@@H]2CC(=O)Nc3c(C)c(-c4cccc(Cl)c4)nn32)c1. The van der Waals surface area contributed by atoms with Crippen LogP contribution in [0.2, 0.25) is 5.02 Å². The number of nitrogens with one attached hydrogen (secondary N) is 2. The lowest BCUT2D eigenvalue weighted by Crippen LogP contribution is -2.35. The van der Waals surface area contributed by atoms with Crippen molar-refractivity contribution in [3.05, 3.63) is 59.1 Å². The van der Waals surface area contributed by atoms with Gasteiger partial charge in [0.05, 0.1) is 19.2 Å². The van der Waals surface area contributed by atoms with Gasteiger partial charge in [0, 0.05) is 27.9 Å². The zero-order valence-corrected chi connectivity index (χ0v) is 16.7. The van der Waals surface area contributed by atoms with Crippen LogP contribution in [0.1, 0.15) is 18.0 Å². The summed E-state index contributed by atoms with van der Waals surface area (Å²) < 4.78 is 6.76. The Labute approximate surface area is 172 Å². The Hall–Kier alpha value is -3.32. The van der Waals surface area contributed by atoms with E-state index in [0.717, 1.165) is 11.1 Å². The van der Waals surface area contributed by atoms with Crippen molar-refractivity contribution in [1.29, 1.82) is 0 Å². The largest absolute Gasteiger partial charge is 0.497 e. The molecule has 0 fully saturated rings. The second kappa shape index (κ2) is 7.60. The van der Waals surface area contributed by atoms with Gasteiger partial charge in [-0.2, -0.15) is 5.10 Å². The number of nitrogens with zero attached hydrogens (tertiary/aromatic N) is 2. The third-order valence-electron chi connectivity index (χ3n) is 4.82. The quantitative estimate of drug-likeness (QED) is 0.679. The molecular formula is C21H19ClN4O3. The first-order valence-electron chi connectivity index (χ1n) is 9.06. The molecule has 0 saturated carbocycles. The number of carbonyl (C=O) groups is 2. The number of rotatable bonds is 4. The normalized spacial score (nSPS) is 15.4. The molecule has 0 radical (unpaired) electrons. The number of methoxy groups -OCH3 is 1. The average Bonchev–Trinajstić information content (AvgIpc) is 3.04. The van der Waals surface area contributed by atoms with Crippen LogP contribution >= 0.6 is 11.6 Å². The Kier molecular flexibility index (Phi) is 4.98. The van der Waals surface area contributed by atoms with E-state index in [4.69, 9.17) is 16.3 Å². The molecule has 0 unspecified atom stereocenters. The van der Waals surface area contributed by atoms with Gasteiger partial charge >= 0.3 is 0 Å². The molecule has 148 valence electrons. The number of carbonyl (C=O) groups excluding carboxylic acids is 2. The molecule has 1 aliphatic rings. The summed E-state index contributed by atoms with van der Waals surface area (Å²) in [5.41, 5.74) is 2.85. The van der Waals surface area contributed by atoms with E-state index >= 15 is 0 Å². The number of fused-ring (bicyclic) bond motifs is 1. The topological polar surface area (TPSA) is 85.2 Å². The van der Waals surface area contributed by atoms with Crippen LogP contribution < -0.4 is 15.4 Å². The lowest BCUT2D eigenvalue weighted by Gasteiger charge is -2.24. The number of ether oxygens (including phenoxy) is 1. The van der Waals surface area contributed by atoms with Crippen LogP contribution in [0.4, 0.5) is 11.5 Å². The number of halogens is 1. The number of amides is 2. The average molecular weight is 411 g/mol. The summed E-state index contributed by atoms with van der Waals surface area (Å²) >= 11 is 6.11. The van der Waals surface area contributed by atoms with Crippen molar-refractivity contribution >= 4 is 34.9 Å². The minimum atomic E-state index is -0.767. The summed E-state index contributed by atoms with van der Waals surface area (Å²) in [4.78, 5) is 25.2. The number of benzene rings is 2. The summed E-state index contributed by atoms with van der Waals surface area (Å²) in [5, 5.41) is 10.9. The third-order valence-corrected chi connectivity index (χ3v) is 5.05. The molecular weight excluding hydrogens is 392 g/mol. The van der Waals surface area contributed by atoms with E-state index in [1.807, 2.05) is 19.1 Å². The van der Waals surface area contributed by atoms with E-state index in [1.54, 1.807) is 48.2 Å². The summed E-state index contributed by atoms with van der Waals surface area (Å²) in [6.45, 7) is 1.86. The highest BCUT2D eigenvalue weighted by atomic mass is 35.5. The molecule has 29 heavy (non-hydrogen) atoms. The lowest BCUT2D eigenvalue weighted by atomic mass is 10.1. The Morgan fingerprint density at radius 3 is 2.83 bits per heavy atom. The fourth-order valence-electron chi connectivity index (χ4n) is 3.38. The van der Waals surface area contributed by atoms with Gasteiger partial charge in [0.25, 0.3) is 0 Å². The fraction of sp³-hybridized carbons (Fsp3) is 0.190. The smallest absolute Gasteiger partial charge is 0.249 e. The highest BCUT2D eigenvalue weighted by molar-refractivity contribution is 6.30. The third kappa shape index (κ3) is 3.69. The number of hydrogen-bond donors (Lipinski definition) is 2. The van der Waals surface area contributed by atoms with Gasteiger partial charge in [-0.25, -0.2) is 4.68 Å². The molecule has 8 heteroatoms. The molecule has 1 aromatic heterocycles. The van der Waals surface area contributed by atoms with E-state index in [0.29, 0.717) is 28.0 Å². The van der Waals surface area contributed by atoms with Crippen molar-refractivity contribution in [2.75, 3.05) is 17.7 Å². The van der Waals surface area contributed by atoms with Crippen molar-refractivity contribution in [2.24, 2.45) is 0 Å². The van der Waals surface area contributed by atoms with Crippen molar-refractivity contribution in [3.63, 3.8) is 0 Å². The Morgan fingerprint density at radius 2 is 2.07 bits per heavy atom. The van der Waals surface area contributed by atoms with E-state index in [2.05, 4.69) is 15.7 Å². The zero-order chi connectivity index (χ0) is 20.5. The fourth-order valence-corrected chi connectivity index (χ4v) is 3.57. The van der Waals surface area contributed by atoms with Gasteiger partial charge in [-0.15, -0.1) is 0 Å². The maximum absolute atomic E-state index is 13.0. The molecule has 3 aromatic rings. The lowest BCUT2D eigenvalue weighted by molar-refractivity contribution is -0.125. The summed E-state index contributed by atoms with van der Waals surface area (Å²) in [5.74, 6) is 0.587. The van der Waals surface area contributed by atoms with Gasteiger partial charge < -0.3 is 15.4 Å². The van der Waals surface area contributed by atoms with E-state index in [9.17, 15) is 9.59 Å². The Balaban J connectivity index is 1.69. The Morgan fingerprint density at radius 1 is 1.28 bits per heavy atom. The first-order chi connectivity index (χ1) is 14.0. The second-order valence-electron chi connectivity index (χ2n) is 6.77. The molecule has 0 saturated heterocycles. The first kappa shape index (κ1) is 19.0. The monoisotopic (exact) mass is 410 g/mol. The van der Waals surface area contributed by atoms with Crippen LogP contribution in [0, 0.1) is 6.92 Å². The van der Waals surface area contributed by atoms with Gasteiger partial charge in [-0.3, -0.25) is 9.59 Å². The molecule has 7 nitrogen and oxygen atoms in total. The highest BCUT2D eigenvalue weighted by Crippen LogP contribution is 2.35. The Bertz CT molecular complexity index is 1110. The molecule has 0 aliphatic carbocycles. The minimum absolute atomic E-state index is 0.00108. The summed E-state index contributed by atoms with van der Waals surface area (Å²) in [6, 6.07) is 13.6. The molecule has 2 heterocycles. The van der Waals surface area contributed by atoms with Crippen LogP contribution in [0.25, 0.3) is 11.3 Å². The van der Waals surface area contributed by atoms with E-state index in [1.165, 1.54) is 0 Å². The van der Waals surface area contributed by atoms with Crippen LogP contribution in [-0.2, 0) is 9.59 Å². The van der Waals surface area contributed by atoms with Gasteiger partial charge in [0.1, 0.15) is 17.6 Å². The first-order valence-corrected chi connectivity index (χ1v) is 9.44.